The maximum atomic E-state index is 12.2. The van der Waals surface area contributed by atoms with Crippen LogP contribution in [0.25, 0.3) is 0 Å². The molecule has 132 valence electrons. The minimum absolute atomic E-state index is 0.0396. The van der Waals surface area contributed by atoms with E-state index in [-0.39, 0.29) is 16.9 Å². The first-order chi connectivity index (χ1) is 12.5. The molecule has 1 amide bonds. The molecule has 2 N–H and O–H groups in total. The molecule has 2 rings (SSSR count). The normalized spacial score (nSPS) is 10.7. The van der Waals surface area contributed by atoms with Crippen LogP contribution in [-0.4, -0.2) is 17.4 Å². The zero-order chi connectivity index (χ0) is 18.9. The Balaban J connectivity index is 1.97. The third-order valence-electron chi connectivity index (χ3n) is 3.41. The lowest BCUT2D eigenvalue weighted by Gasteiger charge is -2.06. The van der Waals surface area contributed by atoms with Crippen molar-refractivity contribution in [2.24, 2.45) is 0 Å². The average Bonchev–Trinajstić information content (AvgIpc) is 2.62. The molecule has 0 saturated carbocycles. The summed E-state index contributed by atoms with van der Waals surface area (Å²) in [7, 11) is 0. The highest BCUT2D eigenvalue weighted by atomic mass is 79.9. The van der Waals surface area contributed by atoms with Crippen LogP contribution in [-0.2, 0) is 11.2 Å². The number of nitro groups is 1. The lowest BCUT2D eigenvalue weighted by molar-refractivity contribution is -0.383. The first-order valence-corrected chi connectivity index (χ1v) is 8.43. The van der Waals surface area contributed by atoms with Crippen LogP contribution in [0.1, 0.15) is 5.56 Å². The summed E-state index contributed by atoms with van der Waals surface area (Å²) in [5.41, 5.74) is 0.735. The number of anilines is 1. The molecule has 26 heavy (non-hydrogen) atoms. The lowest BCUT2D eigenvalue weighted by atomic mass is 10.1. The van der Waals surface area contributed by atoms with Crippen molar-refractivity contribution in [3.05, 3.63) is 80.5 Å². The zero-order valence-electron chi connectivity index (χ0n) is 13.6. The number of para-hydroxylation sites is 2. The molecular weight excluding hydrogens is 400 g/mol. The van der Waals surface area contributed by atoms with Crippen LogP contribution < -0.4 is 10.6 Å². The van der Waals surface area contributed by atoms with Crippen molar-refractivity contribution < 1.29 is 9.72 Å². The third kappa shape index (κ3) is 5.43. The summed E-state index contributed by atoms with van der Waals surface area (Å²) in [6.07, 6.45) is 2.02. The zero-order valence-corrected chi connectivity index (χ0v) is 15.2. The Hall–Kier alpha value is -3.18. The second-order valence-electron chi connectivity index (χ2n) is 5.23. The Morgan fingerprint density at radius 3 is 2.73 bits per heavy atom. The molecule has 0 fully saturated rings. The summed E-state index contributed by atoms with van der Waals surface area (Å²) in [5, 5.41) is 25.4. The van der Waals surface area contributed by atoms with Crippen LogP contribution in [0.4, 0.5) is 11.4 Å². The van der Waals surface area contributed by atoms with Gasteiger partial charge in [0, 0.05) is 23.3 Å². The van der Waals surface area contributed by atoms with Crippen molar-refractivity contribution in [2.75, 3.05) is 11.9 Å². The molecule has 0 heterocycles. The van der Waals surface area contributed by atoms with Crippen LogP contribution in [0, 0.1) is 21.4 Å². The summed E-state index contributed by atoms with van der Waals surface area (Å²) in [6, 6.07) is 15.4. The van der Waals surface area contributed by atoms with Gasteiger partial charge < -0.3 is 10.6 Å². The van der Waals surface area contributed by atoms with Gasteiger partial charge in [0.15, 0.2) is 0 Å². The predicted molar refractivity (Wildman–Crippen MR) is 101 cm³/mol. The van der Waals surface area contributed by atoms with Gasteiger partial charge in [0.05, 0.1) is 4.92 Å². The summed E-state index contributed by atoms with van der Waals surface area (Å²) in [4.78, 5) is 22.5. The molecule has 0 aliphatic rings. The molecule has 0 unspecified atom stereocenters. The van der Waals surface area contributed by atoms with Gasteiger partial charge in [0.1, 0.15) is 17.3 Å². The minimum atomic E-state index is -0.711. The quantitative estimate of drug-likeness (QED) is 0.237. The monoisotopic (exact) mass is 414 g/mol. The number of carbonyl (C=O) groups is 1. The van der Waals surface area contributed by atoms with Gasteiger partial charge in [-0.15, -0.1) is 0 Å². The molecule has 8 heteroatoms. The highest BCUT2D eigenvalue weighted by Gasteiger charge is 2.16. The van der Waals surface area contributed by atoms with E-state index in [2.05, 4.69) is 26.6 Å². The molecule has 0 aromatic heterocycles. The van der Waals surface area contributed by atoms with Crippen LogP contribution in [0.5, 0.6) is 0 Å². The Bertz CT molecular complexity index is 890. The van der Waals surface area contributed by atoms with Gasteiger partial charge in [-0.1, -0.05) is 40.2 Å². The number of nitro benzene ring substituents is 1. The number of benzene rings is 2. The van der Waals surface area contributed by atoms with Crippen molar-refractivity contribution in [2.45, 2.75) is 6.42 Å². The second kappa shape index (κ2) is 9.34. The van der Waals surface area contributed by atoms with Gasteiger partial charge >= 0.3 is 0 Å². The smallest absolute Gasteiger partial charge is 0.292 e. The fraction of sp³-hybridized carbons (Fsp3) is 0.111. The van der Waals surface area contributed by atoms with E-state index in [1.807, 2.05) is 24.3 Å². The van der Waals surface area contributed by atoms with Crippen molar-refractivity contribution in [3.63, 3.8) is 0 Å². The molecule has 0 atom stereocenters. The largest absolute Gasteiger partial charge is 0.389 e. The number of halogens is 1. The lowest BCUT2D eigenvalue weighted by Crippen LogP contribution is -2.18. The fourth-order valence-corrected chi connectivity index (χ4v) is 2.61. The van der Waals surface area contributed by atoms with Gasteiger partial charge in [-0.25, -0.2) is 0 Å². The van der Waals surface area contributed by atoms with E-state index in [0.29, 0.717) is 13.0 Å². The fourth-order valence-electron chi connectivity index (χ4n) is 2.16. The average molecular weight is 415 g/mol. The van der Waals surface area contributed by atoms with E-state index >= 15 is 0 Å². The molecule has 2 aromatic rings. The molecule has 0 bridgehead atoms. The number of carbonyl (C=O) groups excluding carboxylic acids is 1. The van der Waals surface area contributed by atoms with Gasteiger partial charge in [-0.05, 0) is 30.2 Å². The second-order valence-corrected chi connectivity index (χ2v) is 6.15. The molecule has 7 nitrogen and oxygen atoms in total. The maximum absolute atomic E-state index is 12.2. The Kier molecular flexibility index (Phi) is 6.88. The van der Waals surface area contributed by atoms with Gasteiger partial charge in [0.2, 0.25) is 0 Å². The molecule has 0 saturated heterocycles. The molecule has 2 aromatic carbocycles. The number of nitriles is 1. The van der Waals surface area contributed by atoms with Gasteiger partial charge in [0.25, 0.3) is 11.6 Å². The van der Waals surface area contributed by atoms with E-state index < -0.39 is 10.8 Å². The molecule has 0 aliphatic carbocycles. The van der Waals surface area contributed by atoms with E-state index in [1.165, 1.54) is 24.4 Å². The highest BCUT2D eigenvalue weighted by molar-refractivity contribution is 9.10. The first-order valence-electron chi connectivity index (χ1n) is 7.64. The van der Waals surface area contributed by atoms with Crippen molar-refractivity contribution in [1.82, 2.24) is 5.32 Å². The van der Waals surface area contributed by atoms with Crippen molar-refractivity contribution >= 4 is 33.2 Å². The van der Waals surface area contributed by atoms with Crippen LogP contribution in [0.3, 0.4) is 0 Å². The molecular formula is C18H15BrN4O3. The van der Waals surface area contributed by atoms with E-state index in [4.69, 9.17) is 5.26 Å². The summed E-state index contributed by atoms with van der Waals surface area (Å²) < 4.78 is 0.979. The minimum Gasteiger partial charge on any atom is -0.389 e. The van der Waals surface area contributed by atoms with Crippen molar-refractivity contribution in [1.29, 1.82) is 5.26 Å². The summed E-state index contributed by atoms with van der Waals surface area (Å²) in [6.45, 7) is 0.528. The number of hydrogen-bond acceptors (Lipinski definition) is 5. The van der Waals surface area contributed by atoms with Gasteiger partial charge in [-0.3, -0.25) is 14.9 Å². The first kappa shape index (κ1) is 19.1. The standard InChI is InChI=1S/C18H15BrN4O3/c19-15-5-3-4-13(10-15)8-9-21-12-14(11-20)18(24)22-16-6-1-2-7-17(16)23(25)26/h1-7,10,12,21H,8-9H2,(H,22,24)/b14-12-. The summed E-state index contributed by atoms with van der Waals surface area (Å²) in [5.74, 6) is -0.711. The number of amides is 1. The van der Waals surface area contributed by atoms with E-state index in [0.717, 1.165) is 10.0 Å². The predicted octanol–water partition coefficient (Wildman–Crippen LogP) is 3.54. The molecule has 0 aliphatic heterocycles. The third-order valence-corrected chi connectivity index (χ3v) is 3.90. The Morgan fingerprint density at radius 2 is 2.04 bits per heavy atom. The number of hydrogen-bond donors (Lipinski definition) is 2. The number of nitrogens with one attached hydrogen (secondary N) is 2. The van der Waals surface area contributed by atoms with Crippen molar-refractivity contribution in [3.8, 4) is 6.07 Å². The number of nitrogens with zero attached hydrogens (tertiary/aromatic N) is 2. The Morgan fingerprint density at radius 1 is 1.27 bits per heavy atom. The van der Waals surface area contributed by atoms with Gasteiger partial charge in [-0.2, -0.15) is 5.26 Å². The molecule has 0 spiro atoms. The van der Waals surface area contributed by atoms with Crippen LogP contribution in [0.2, 0.25) is 0 Å². The Labute approximate surface area is 158 Å². The topological polar surface area (TPSA) is 108 Å². The maximum Gasteiger partial charge on any atom is 0.292 e. The van der Waals surface area contributed by atoms with Crippen LogP contribution >= 0.6 is 15.9 Å². The molecule has 0 radical (unpaired) electrons. The highest BCUT2D eigenvalue weighted by Crippen LogP contribution is 2.23. The van der Waals surface area contributed by atoms with E-state index in [9.17, 15) is 14.9 Å². The SMILES string of the molecule is N#C/C(=C/NCCc1cccc(Br)c1)C(=O)Nc1ccccc1[N+](=O)[O-]. The number of rotatable bonds is 7. The van der Waals surface area contributed by atoms with Crippen LogP contribution in [0.15, 0.2) is 64.8 Å². The van der Waals surface area contributed by atoms with E-state index in [1.54, 1.807) is 12.1 Å². The summed E-state index contributed by atoms with van der Waals surface area (Å²) >= 11 is 3.40.